The van der Waals surface area contributed by atoms with Crippen molar-refractivity contribution in [1.29, 1.82) is 0 Å². The molecule has 0 aliphatic carbocycles. The second-order valence-electron chi connectivity index (χ2n) is 7.35. The fraction of sp³-hybridized carbons (Fsp3) is 0.571. The van der Waals surface area contributed by atoms with Crippen molar-refractivity contribution in [3.05, 3.63) is 17.7 Å². The Balaban J connectivity index is 1.50. The van der Waals surface area contributed by atoms with Gasteiger partial charge in [-0.3, -0.25) is 19.3 Å². The molecule has 2 aliphatic heterocycles. The van der Waals surface area contributed by atoms with E-state index in [1.807, 2.05) is 4.90 Å². The SMILES string of the molecule is COCCOCC(=O)N1CCN(CC(=O)Nc2cc3c(cc2C(C)=O)OCCO3)CC1. The zero-order valence-electron chi connectivity index (χ0n) is 18.0. The monoisotopic (exact) mass is 435 g/mol. The van der Waals surface area contributed by atoms with Gasteiger partial charge in [-0.15, -0.1) is 0 Å². The molecule has 170 valence electrons. The Kier molecular flexibility index (Phi) is 8.21. The third kappa shape index (κ3) is 6.39. The number of ether oxygens (including phenoxy) is 4. The van der Waals surface area contributed by atoms with Crippen molar-refractivity contribution >= 4 is 23.3 Å². The summed E-state index contributed by atoms with van der Waals surface area (Å²) in [5.41, 5.74) is 0.783. The first-order valence-electron chi connectivity index (χ1n) is 10.3. The van der Waals surface area contributed by atoms with E-state index < -0.39 is 0 Å². The van der Waals surface area contributed by atoms with E-state index in [2.05, 4.69) is 5.32 Å². The van der Waals surface area contributed by atoms with Crippen LogP contribution in [0.2, 0.25) is 0 Å². The molecule has 31 heavy (non-hydrogen) atoms. The molecule has 1 saturated heterocycles. The van der Waals surface area contributed by atoms with Crippen LogP contribution in [0.15, 0.2) is 12.1 Å². The lowest BCUT2D eigenvalue weighted by molar-refractivity contribution is -0.138. The minimum atomic E-state index is -0.234. The first kappa shape index (κ1) is 23.0. The maximum Gasteiger partial charge on any atom is 0.248 e. The molecule has 3 rings (SSSR count). The molecular weight excluding hydrogens is 406 g/mol. The lowest BCUT2D eigenvalue weighted by Gasteiger charge is -2.34. The fourth-order valence-electron chi connectivity index (χ4n) is 3.42. The van der Waals surface area contributed by atoms with Crippen molar-refractivity contribution in [2.24, 2.45) is 0 Å². The molecule has 1 aromatic carbocycles. The predicted molar refractivity (Wildman–Crippen MR) is 112 cm³/mol. The van der Waals surface area contributed by atoms with Crippen molar-refractivity contribution < 1.29 is 33.3 Å². The van der Waals surface area contributed by atoms with Crippen LogP contribution in [-0.2, 0) is 19.1 Å². The number of hydrogen-bond donors (Lipinski definition) is 1. The Bertz CT molecular complexity index is 806. The van der Waals surface area contributed by atoms with E-state index in [9.17, 15) is 14.4 Å². The van der Waals surface area contributed by atoms with E-state index in [1.165, 1.54) is 6.92 Å². The van der Waals surface area contributed by atoms with Gasteiger partial charge in [-0.25, -0.2) is 0 Å². The molecule has 0 spiro atoms. The van der Waals surface area contributed by atoms with E-state index in [1.54, 1.807) is 24.1 Å². The highest BCUT2D eigenvalue weighted by Gasteiger charge is 2.24. The van der Waals surface area contributed by atoms with Gasteiger partial charge in [-0.2, -0.15) is 0 Å². The number of ketones is 1. The van der Waals surface area contributed by atoms with Crippen molar-refractivity contribution in [2.75, 3.05) is 78.2 Å². The molecular formula is C21H29N3O7. The average molecular weight is 435 g/mol. The van der Waals surface area contributed by atoms with Gasteiger partial charge in [0.15, 0.2) is 17.3 Å². The number of hydrogen-bond acceptors (Lipinski definition) is 8. The predicted octanol–water partition coefficient (Wildman–Crippen LogP) is 0.406. The van der Waals surface area contributed by atoms with Gasteiger partial charge < -0.3 is 29.2 Å². The number of amides is 2. The highest BCUT2D eigenvalue weighted by molar-refractivity contribution is 6.05. The molecule has 2 heterocycles. The largest absolute Gasteiger partial charge is 0.486 e. The summed E-state index contributed by atoms with van der Waals surface area (Å²) in [6.45, 7) is 5.52. The van der Waals surface area contributed by atoms with Gasteiger partial charge in [0, 0.05) is 44.9 Å². The summed E-state index contributed by atoms with van der Waals surface area (Å²) in [5.74, 6) is 0.532. The number of methoxy groups -OCH3 is 1. The van der Waals surface area contributed by atoms with Crippen LogP contribution in [0.4, 0.5) is 5.69 Å². The topological polar surface area (TPSA) is 107 Å². The second kappa shape index (κ2) is 11.1. The van der Waals surface area contributed by atoms with Crippen LogP contribution in [0.25, 0.3) is 0 Å². The molecule has 10 nitrogen and oxygen atoms in total. The number of rotatable bonds is 9. The van der Waals surface area contributed by atoms with Gasteiger partial charge in [-0.05, 0) is 13.0 Å². The number of anilines is 1. The number of piperazine rings is 1. The number of nitrogens with one attached hydrogen (secondary N) is 1. The number of carbonyl (C=O) groups excluding carboxylic acids is 3. The van der Waals surface area contributed by atoms with Gasteiger partial charge in [0.05, 0.1) is 25.4 Å². The zero-order chi connectivity index (χ0) is 22.2. The maximum atomic E-state index is 12.6. The molecule has 0 radical (unpaired) electrons. The third-order valence-corrected chi connectivity index (χ3v) is 5.09. The zero-order valence-corrected chi connectivity index (χ0v) is 18.0. The molecule has 0 atom stereocenters. The lowest BCUT2D eigenvalue weighted by atomic mass is 10.1. The van der Waals surface area contributed by atoms with Crippen LogP contribution in [0.5, 0.6) is 11.5 Å². The van der Waals surface area contributed by atoms with Gasteiger partial charge in [0.1, 0.15) is 19.8 Å². The van der Waals surface area contributed by atoms with Crippen LogP contribution in [0.3, 0.4) is 0 Å². The molecule has 2 aliphatic rings. The summed E-state index contributed by atoms with van der Waals surface area (Å²) in [4.78, 5) is 40.5. The summed E-state index contributed by atoms with van der Waals surface area (Å²) in [7, 11) is 1.58. The van der Waals surface area contributed by atoms with Crippen LogP contribution < -0.4 is 14.8 Å². The van der Waals surface area contributed by atoms with Crippen molar-refractivity contribution in [1.82, 2.24) is 9.80 Å². The van der Waals surface area contributed by atoms with Crippen molar-refractivity contribution in [3.8, 4) is 11.5 Å². The van der Waals surface area contributed by atoms with Crippen LogP contribution in [-0.4, -0.2) is 100 Å². The Morgan fingerprint density at radius 1 is 1.03 bits per heavy atom. The van der Waals surface area contributed by atoms with Crippen molar-refractivity contribution in [3.63, 3.8) is 0 Å². The highest BCUT2D eigenvalue weighted by atomic mass is 16.6. The Morgan fingerprint density at radius 3 is 2.35 bits per heavy atom. The first-order chi connectivity index (χ1) is 15.0. The number of nitrogens with zero attached hydrogens (tertiary/aromatic N) is 2. The Labute approximate surface area is 181 Å². The molecule has 10 heteroatoms. The van der Waals surface area contributed by atoms with E-state index in [4.69, 9.17) is 18.9 Å². The number of fused-ring (bicyclic) bond motifs is 1. The average Bonchev–Trinajstić information content (AvgIpc) is 2.76. The molecule has 0 unspecified atom stereocenters. The molecule has 0 aromatic heterocycles. The molecule has 0 bridgehead atoms. The van der Waals surface area contributed by atoms with E-state index in [-0.39, 0.29) is 30.7 Å². The highest BCUT2D eigenvalue weighted by Crippen LogP contribution is 2.35. The summed E-state index contributed by atoms with van der Waals surface area (Å²) < 4.78 is 21.2. The first-order valence-corrected chi connectivity index (χ1v) is 10.3. The number of benzene rings is 1. The maximum absolute atomic E-state index is 12.6. The summed E-state index contributed by atoms with van der Waals surface area (Å²) >= 11 is 0. The van der Waals surface area contributed by atoms with Gasteiger partial charge in [0.2, 0.25) is 11.8 Å². The molecule has 1 aromatic rings. The third-order valence-electron chi connectivity index (χ3n) is 5.09. The molecule has 0 saturated carbocycles. The van der Waals surface area contributed by atoms with E-state index in [0.29, 0.717) is 75.4 Å². The van der Waals surface area contributed by atoms with Crippen LogP contribution in [0.1, 0.15) is 17.3 Å². The lowest BCUT2D eigenvalue weighted by Crippen LogP contribution is -2.51. The summed E-state index contributed by atoms with van der Waals surface area (Å²) in [5, 5.41) is 2.81. The van der Waals surface area contributed by atoms with Gasteiger partial charge in [-0.1, -0.05) is 0 Å². The summed E-state index contributed by atoms with van der Waals surface area (Å²) in [6.07, 6.45) is 0. The molecule has 1 fully saturated rings. The second-order valence-corrected chi connectivity index (χ2v) is 7.35. The van der Waals surface area contributed by atoms with Crippen LogP contribution >= 0.6 is 0 Å². The standard InChI is InChI=1S/C21H29N3O7/c1-15(25)16-11-18-19(31-10-9-30-18)12-17(16)22-20(26)13-23-3-5-24(6-4-23)21(27)14-29-8-7-28-2/h11-12H,3-10,13-14H2,1-2H3,(H,22,26). The fourth-order valence-corrected chi connectivity index (χ4v) is 3.42. The Hall–Kier alpha value is -2.69. The Morgan fingerprint density at radius 2 is 1.71 bits per heavy atom. The number of carbonyl (C=O) groups is 3. The summed E-state index contributed by atoms with van der Waals surface area (Å²) in [6, 6.07) is 3.23. The van der Waals surface area contributed by atoms with Crippen LogP contribution in [0, 0.1) is 0 Å². The quantitative estimate of drug-likeness (QED) is 0.439. The molecule has 1 N–H and O–H groups in total. The van der Waals surface area contributed by atoms with Gasteiger partial charge >= 0.3 is 0 Å². The minimum absolute atomic E-state index is 0.0295. The van der Waals surface area contributed by atoms with E-state index >= 15 is 0 Å². The van der Waals surface area contributed by atoms with Gasteiger partial charge in [0.25, 0.3) is 0 Å². The normalized spacial score (nSPS) is 16.1. The minimum Gasteiger partial charge on any atom is -0.486 e. The molecule has 2 amide bonds. The van der Waals surface area contributed by atoms with Crippen molar-refractivity contribution in [2.45, 2.75) is 6.92 Å². The smallest absolute Gasteiger partial charge is 0.248 e. The van der Waals surface area contributed by atoms with E-state index in [0.717, 1.165) is 0 Å². The number of Topliss-reactive ketones (excluding diaryl/α,β-unsaturated/α-hetero) is 1.